The van der Waals surface area contributed by atoms with E-state index in [0.29, 0.717) is 5.88 Å². The zero-order chi connectivity index (χ0) is 7.28. The van der Waals surface area contributed by atoms with Gasteiger partial charge in [0, 0.05) is 16.6 Å². The standard InChI is InChI=1S/C6H11Cl3/c1-5(8)6(9)3-2-4-7/h5-6H,2-4H2,1H3. The van der Waals surface area contributed by atoms with Gasteiger partial charge in [0.05, 0.1) is 0 Å². The molecule has 0 aliphatic rings. The van der Waals surface area contributed by atoms with E-state index in [1.54, 1.807) is 0 Å². The Balaban J connectivity index is 3.16. The van der Waals surface area contributed by atoms with Crippen molar-refractivity contribution in [2.45, 2.75) is 30.5 Å². The first-order chi connectivity index (χ1) is 4.18. The second-order valence-electron chi connectivity index (χ2n) is 2.02. The molecule has 2 atom stereocenters. The minimum absolute atomic E-state index is 0.0508. The summed E-state index contributed by atoms with van der Waals surface area (Å²) in [5.41, 5.74) is 0. The van der Waals surface area contributed by atoms with E-state index in [1.165, 1.54) is 0 Å². The summed E-state index contributed by atoms with van der Waals surface area (Å²) >= 11 is 16.9. The van der Waals surface area contributed by atoms with Crippen LogP contribution in [0.2, 0.25) is 0 Å². The van der Waals surface area contributed by atoms with Crippen molar-refractivity contribution < 1.29 is 0 Å². The first kappa shape index (κ1) is 9.87. The molecule has 0 bridgehead atoms. The zero-order valence-electron chi connectivity index (χ0n) is 5.41. The third-order valence-electron chi connectivity index (χ3n) is 1.11. The SMILES string of the molecule is CC(Cl)C(Cl)CCCCl. The average Bonchev–Trinajstić information content (AvgIpc) is 1.82. The van der Waals surface area contributed by atoms with Crippen molar-refractivity contribution in [3.05, 3.63) is 0 Å². The molecule has 0 nitrogen and oxygen atoms in total. The maximum Gasteiger partial charge on any atom is 0.0497 e. The number of alkyl halides is 3. The molecular weight excluding hydrogens is 178 g/mol. The van der Waals surface area contributed by atoms with Crippen LogP contribution in [0.3, 0.4) is 0 Å². The maximum atomic E-state index is 5.80. The highest BCUT2D eigenvalue weighted by atomic mass is 35.5. The molecule has 0 N–H and O–H groups in total. The van der Waals surface area contributed by atoms with Gasteiger partial charge in [-0.05, 0) is 19.8 Å². The molecule has 0 fully saturated rings. The third-order valence-corrected chi connectivity index (χ3v) is 2.41. The lowest BCUT2D eigenvalue weighted by Gasteiger charge is -2.08. The molecule has 56 valence electrons. The van der Waals surface area contributed by atoms with E-state index in [0.717, 1.165) is 12.8 Å². The molecule has 0 aromatic rings. The van der Waals surface area contributed by atoms with Gasteiger partial charge in [-0.15, -0.1) is 34.8 Å². The van der Waals surface area contributed by atoms with Gasteiger partial charge in [0.2, 0.25) is 0 Å². The van der Waals surface area contributed by atoms with Gasteiger partial charge in [0.1, 0.15) is 0 Å². The van der Waals surface area contributed by atoms with Gasteiger partial charge in [-0.2, -0.15) is 0 Å². The summed E-state index contributed by atoms with van der Waals surface area (Å²) in [4.78, 5) is 0. The van der Waals surface area contributed by atoms with Crippen molar-refractivity contribution in [1.29, 1.82) is 0 Å². The van der Waals surface area contributed by atoms with Crippen LogP contribution < -0.4 is 0 Å². The second-order valence-corrected chi connectivity index (χ2v) is 3.65. The van der Waals surface area contributed by atoms with Crippen LogP contribution >= 0.6 is 34.8 Å². The Morgan fingerprint density at radius 1 is 1.33 bits per heavy atom. The largest absolute Gasteiger partial charge is 0.127 e. The Hall–Kier alpha value is 0.870. The molecule has 0 aromatic heterocycles. The van der Waals surface area contributed by atoms with Gasteiger partial charge in [-0.25, -0.2) is 0 Å². The van der Waals surface area contributed by atoms with Gasteiger partial charge in [-0.3, -0.25) is 0 Å². The highest BCUT2D eigenvalue weighted by Gasteiger charge is 2.09. The van der Waals surface area contributed by atoms with E-state index in [2.05, 4.69) is 0 Å². The summed E-state index contributed by atoms with van der Waals surface area (Å²) in [6.07, 6.45) is 1.86. The van der Waals surface area contributed by atoms with Gasteiger partial charge in [-0.1, -0.05) is 0 Å². The molecule has 0 aliphatic carbocycles. The summed E-state index contributed by atoms with van der Waals surface area (Å²) in [5, 5.41) is 0.125. The topological polar surface area (TPSA) is 0 Å². The number of hydrogen-bond acceptors (Lipinski definition) is 0. The lowest BCUT2D eigenvalue weighted by Crippen LogP contribution is -2.10. The minimum atomic E-state index is 0.0508. The summed E-state index contributed by atoms with van der Waals surface area (Å²) in [6.45, 7) is 1.90. The molecule has 0 radical (unpaired) electrons. The van der Waals surface area contributed by atoms with Crippen molar-refractivity contribution in [2.75, 3.05) is 5.88 Å². The van der Waals surface area contributed by atoms with Crippen LogP contribution in [0.4, 0.5) is 0 Å². The molecule has 0 saturated heterocycles. The van der Waals surface area contributed by atoms with E-state index in [4.69, 9.17) is 34.8 Å². The van der Waals surface area contributed by atoms with Gasteiger partial charge >= 0.3 is 0 Å². The number of rotatable bonds is 4. The van der Waals surface area contributed by atoms with Gasteiger partial charge in [0.25, 0.3) is 0 Å². The maximum absolute atomic E-state index is 5.80. The summed E-state index contributed by atoms with van der Waals surface area (Å²) in [7, 11) is 0. The molecule has 0 spiro atoms. The molecule has 0 saturated carbocycles. The Kier molecular flexibility index (Phi) is 6.18. The fourth-order valence-corrected chi connectivity index (χ4v) is 0.936. The van der Waals surface area contributed by atoms with Crippen LogP contribution in [0.15, 0.2) is 0 Å². The molecule has 0 heterocycles. The predicted octanol–water partition coefficient (Wildman–Crippen LogP) is 3.24. The number of halogens is 3. The van der Waals surface area contributed by atoms with Crippen molar-refractivity contribution in [2.24, 2.45) is 0 Å². The molecular formula is C6H11Cl3. The Bertz CT molecular complexity index is 63.3. The van der Waals surface area contributed by atoms with Crippen LogP contribution in [-0.4, -0.2) is 16.6 Å². The average molecular weight is 190 g/mol. The second kappa shape index (κ2) is 5.64. The smallest absolute Gasteiger partial charge is 0.0497 e. The molecule has 3 heteroatoms. The first-order valence-corrected chi connectivity index (χ1v) is 4.43. The Morgan fingerprint density at radius 2 is 1.89 bits per heavy atom. The summed E-state index contributed by atoms with van der Waals surface area (Å²) in [5.74, 6) is 0.673. The van der Waals surface area contributed by atoms with E-state index in [1.807, 2.05) is 6.92 Å². The highest BCUT2D eigenvalue weighted by molar-refractivity contribution is 6.29. The van der Waals surface area contributed by atoms with Crippen LogP contribution in [0, 0.1) is 0 Å². The molecule has 0 amide bonds. The Morgan fingerprint density at radius 3 is 2.22 bits per heavy atom. The lowest BCUT2D eigenvalue weighted by atomic mass is 10.2. The summed E-state index contributed by atoms with van der Waals surface area (Å²) in [6, 6.07) is 0. The van der Waals surface area contributed by atoms with Gasteiger partial charge in [0.15, 0.2) is 0 Å². The number of hydrogen-bond donors (Lipinski definition) is 0. The van der Waals surface area contributed by atoms with E-state index < -0.39 is 0 Å². The Labute approximate surface area is 71.5 Å². The normalized spacial score (nSPS) is 17.3. The van der Waals surface area contributed by atoms with Crippen molar-refractivity contribution in [3.8, 4) is 0 Å². The predicted molar refractivity (Wildman–Crippen MR) is 44.9 cm³/mol. The highest BCUT2D eigenvalue weighted by Crippen LogP contribution is 2.14. The monoisotopic (exact) mass is 188 g/mol. The fraction of sp³-hybridized carbons (Fsp3) is 1.00. The van der Waals surface area contributed by atoms with E-state index >= 15 is 0 Å². The minimum Gasteiger partial charge on any atom is -0.127 e. The van der Waals surface area contributed by atoms with Crippen LogP contribution in [0.5, 0.6) is 0 Å². The molecule has 9 heavy (non-hydrogen) atoms. The van der Waals surface area contributed by atoms with Crippen LogP contribution in [0.1, 0.15) is 19.8 Å². The quantitative estimate of drug-likeness (QED) is 0.596. The molecule has 2 unspecified atom stereocenters. The first-order valence-electron chi connectivity index (χ1n) is 3.02. The summed E-state index contributed by atoms with van der Waals surface area (Å²) < 4.78 is 0. The van der Waals surface area contributed by atoms with Crippen molar-refractivity contribution in [1.82, 2.24) is 0 Å². The zero-order valence-corrected chi connectivity index (χ0v) is 7.68. The van der Waals surface area contributed by atoms with Crippen LogP contribution in [-0.2, 0) is 0 Å². The van der Waals surface area contributed by atoms with Gasteiger partial charge < -0.3 is 0 Å². The van der Waals surface area contributed by atoms with E-state index in [9.17, 15) is 0 Å². The van der Waals surface area contributed by atoms with Crippen molar-refractivity contribution in [3.63, 3.8) is 0 Å². The fourth-order valence-electron chi connectivity index (χ4n) is 0.502. The van der Waals surface area contributed by atoms with E-state index in [-0.39, 0.29) is 10.8 Å². The molecule has 0 aromatic carbocycles. The molecule has 0 aliphatic heterocycles. The van der Waals surface area contributed by atoms with Crippen LogP contribution in [0.25, 0.3) is 0 Å². The van der Waals surface area contributed by atoms with Crippen molar-refractivity contribution >= 4 is 34.8 Å². The third kappa shape index (κ3) is 5.32. The lowest BCUT2D eigenvalue weighted by molar-refractivity contribution is 0.720. The molecule has 0 rings (SSSR count).